The van der Waals surface area contributed by atoms with Gasteiger partial charge in [-0.15, -0.1) is 0 Å². The molecule has 0 radical (unpaired) electrons. The second-order valence-electron chi connectivity index (χ2n) is 13.8. The molecule has 2 nitrogen and oxygen atoms in total. The molecule has 1 saturated heterocycles. The monoisotopic (exact) mass is 426 g/mol. The summed E-state index contributed by atoms with van der Waals surface area (Å²) in [6.45, 7) is 9.78. The Hall–Kier alpha value is -0.340. The molecule has 2 heteroatoms. The highest BCUT2D eigenvalue weighted by Gasteiger charge is 2.68. The van der Waals surface area contributed by atoms with E-state index in [1.165, 1.54) is 83.5 Å². The van der Waals surface area contributed by atoms with Gasteiger partial charge in [0.2, 0.25) is 0 Å². The lowest BCUT2D eigenvalue weighted by atomic mass is 9.44. The number of hydrogen-bond donors (Lipinski definition) is 1. The Labute approximate surface area is 190 Å². The minimum absolute atomic E-state index is 0.129. The van der Waals surface area contributed by atoms with Crippen LogP contribution >= 0.6 is 0 Å². The van der Waals surface area contributed by atoms with E-state index in [4.69, 9.17) is 11.3 Å². The molecule has 0 aromatic carbocycles. The Morgan fingerprint density at radius 2 is 1.77 bits per heavy atom. The van der Waals surface area contributed by atoms with Crippen molar-refractivity contribution >= 4 is 0 Å². The molecule has 5 saturated carbocycles. The summed E-state index contributed by atoms with van der Waals surface area (Å²) in [5.74, 6) is 3.30. The van der Waals surface area contributed by atoms with Crippen LogP contribution in [0.3, 0.4) is 0 Å². The first-order chi connectivity index (χ1) is 14.7. The molecule has 0 amide bonds. The average Bonchev–Trinajstić information content (AvgIpc) is 3.20. The van der Waals surface area contributed by atoms with Crippen molar-refractivity contribution in [2.24, 2.45) is 34.5 Å². The van der Waals surface area contributed by atoms with E-state index in [9.17, 15) is 5.11 Å². The van der Waals surface area contributed by atoms with Crippen molar-refractivity contribution in [3.63, 3.8) is 0 Å². The van der Waals surface area contributed by atoms with Gasteiger partial charge in [0.05, 0.1) is 17.3 Å². The SMILES string of the molecule is C=C1CC2(CCC(CCC3(O)CCCCC3)C2)C2OC2(C)CC2CCCC3(C)CC1C23. The van der Waals surface area contributed by atoms with Crippen LogP contribution in [-0.4, -0.2) is 22.4 Å². The van der Waals surface area contributed by atoms with E-state index < -0.39 is 0 Å². The van der Waals surface area contributed by atoms with Crippen LogP contribution in [0.15, 0.2) is 12.2 Å². The number of allylic oxidation sites excluding steroid dienone is 1. The summed E-state index contributed by atoms with van der Waals surface area (Å²) < 4.78 is 6.67. The van der Waals surface area contributed by atoms with E-state index in [0.717, 1.165) is 42.9 Å². The topological polar surface area (TPSA) is 32.8 Å². The van der Waals surface area contributed by atoms with Gasteiger partial charge in [0.1, 0.15) is 0 Å². The summed E-state index contributed by atoms with van der Waals surface area (Å²) >= 11 is 0. The van der Waals surface area contributed by atoms with Gasteiger partial charge < -0.3 is 9.84 Å². The van der Waals surface area contributed by atoms with Gasteiger partial charge in [-0.25, -0.2) is 0 Å². The van der Waals surface area contributed by atoms with Crippen LogP contribution in [0.25, 0.3) is 0 Å². The molecule has 8 unspecified atom stereocenters. The lowest BCUT2D eigenvalue weighted by Crippen LogP contribution is -2.53. The molecule has 1 N–H and O–H groups in total. The maximum Gasteiger partial charge on any atom is 0.0930 e. The van der Waals surface area contributed by atoms with Gasteiger partial charge in [-0.3, -0.25) is 0 Å². The summed E-state index contributed by atoms with van der Waals surface area (Å²) in [5, 5.41) is 11.0. The Morgan fingerprint density at radius 1 is 0.968 bits per heavy atom. The van der Waals surface area contributed by atoms with Gasteiger partial charge in [0, 0.05) is 5.41 Å². The van der Waals surface area contributed by atoms with Crippen LogP contribution in [0.2, 0.25) is 0 Å². The van der Waals surface area contributed by atoms with Gasteiger partial charge in [-0.2, -0.15) is 0 Å². The molecule has 174 valence electrons. The molecule has 31 heavy (non-hydrogen) atoms. The van der Waals surface area contributed by atoms with E-state index in [2.05, 4.69) is 13.8 Å². The van der Waals surface area contributed by atoms with Gasteiger partial charge in [0.25, 0.3) is 0 Å². The van der Waals surface area contributed by atoms with Crippen molar-refractivity contribution in [2.45, 2.75) is 134 Å². The van der Waals surface area contributed by atoms with Crippen molar-refractivity contribution in [3.8, 4) is 0 Å². The third-order valence-electron chi connectivity index (χ3n) is 11.5. The fraction of sp³-hybridized carbons (Fsp3) is 0.931. The van der Waals surface area contributed by atoms with Crippen LogP contribution in [0.5, 0.6) is 0 Å². The fourth-order valence-corrected chi connectivity index (χ4v) is 10.0. The highest BCUT2D eigenvalue weighted by molar-refractivity contribution is 5.24. The molecule has 6 fully saturated rings. The zero-order valence-electron chi connectivity index (χ0n) is 20.3. The average molecular weight is 427 g/mol. The normalized spacial score (nSPS) is 53.0. The predicted octanol–water partition coefficient (Wildman–Crippen LogP) is 7.20. The maximum absolute atomic E-state index is 11.0. The van der Waals surface area contributed by atoms with Crippen LogP contribution in [0.1, 0.15) is 117 Å². The highest BCUT2D eigenvalue weighted by atomic mass is 16.6. The molecule has 1 heterocycles. The summed E-state index contributed by atoms with van der Waals surface area (Å²) in [6, 6.07) is 0. The molecule has 0 aromatic rings. The Balaban J connectivity index is 1.19. The third kappa shape index (κ3) is 3.40. The second-order valence-corrected chi connectivity index (χ2v) is 13.8. The molecule has 1 aliphatic heterocycles. The number of hydrogen-bond acceptors (Lipinski definition) is 2. The van der Waals surface area contributed by atoms with E-state index in [-0.39, 0.29) is 11.2 Å². The van der Waals surface area contributed by atoms with Crippen LogP contribution in [-0.2, 0) is 4.74 Å². The van der Waals surface area contributed by atoms with Gasteiger partial charge >= 0.3 is 0 Å². The van der Waals surface area contributed by atoms with Gasteiger partial charge in [0.15, 0.2) is 0 Å². The zero-order chi connectivity index (χ0) is 21.5. The number of aliphatic hydroxyl groups is 1. The minimum atomic E-state index is -0.354. The Morgan fingerprint density at radius 3 is 2.58 bits per heavy atom. The Kier molecular flexibility index (Phi) is 4.84. The first-order valence-corrected chi connectivity index (χ1v) is 13.8. The highest BCUT2D eigenvalue weighted by Crippen LogP contribution is 2.70. The lowest BCUT2D eigenvalue weighted by Gasteiger charge is -2.61. The summed E-state index contributed by atoms with van der Waals surface area (Å²) in [7, 11) is 0. The molecule has 8 atom stereocenters. The molecule has 1 spiro atoms. The molecular formula is C29H46O2. The number of rotatable bonds is 3. The lowest BCUT2D eigenvalue weighted by molar-refractivity contribution is -0.0930. The first-order valence-electron chi connectivity index (χ1n) is 13.8. The van der Waals surface area contributed by atoms with Gasteiger partial charge in [-0.05, 0) is 107 Å². The standard InChI is InChI=1S/C29H46O2/c1-20-16-28(14-9-21(17-28)10-15-29(30)12-5-4-6-13-29)25-27(3,31-25)18-22-8-7-11-26(2)19-23(20)24(22)26/h21-25,30H,1,4-19H2,2-3H3. The molecular weight excluding hydrogens is 380 g/mol. The van der Waals surface area contributed by atoms with Crippen molar-refractivity contribution in [3.05, 3.63) is 12.2 Å². The molecule has 5 aliphatic carbocycles. The Bertz CT molecular complexity index is 737. The predicted molar refractivity (Wildman–Crippen MR) is 126 cm³/mol. The van der Waals surface area contributed by atoms with E-state index in [0.29, 0.717) is 16.9 Å². The minimum Gasteiger partial charge on any atom is -0.390 e. The molecule has 0 bridgehead atoms. The zero-order valence-corrected chi connectivity index (χ0v) is 20.3. The fourth-order valence-electron chi connectivity index (χ4n) is 10.0. The number of fused-ring (bicyclic) bond motifs is 2. The van der Waals surface area contributed by atoms with E-state index >= 15 is 0 Å². The van der Waals surface area contributed by atoms with E-state index in [1.54, 1.807) is 5.57 Å². The number of ether oxygens (including phenoxy) is 1. The van der Waals surface area contributed by atoms with Crippen molar-refractivity contribution in [1.82, 2.24) is 0 Å². The molecule has 0 aromatic heterocycles. The number of epoxide rings is 1. The largest absolute Gasteiger partial charge is 0.390 e. The van der Waals surface area contributed by atoms with Crippen LogP contribution in [0.4, 0.5) is 0 Å². The summed E-state index contributed by atoms with van der Waals surface area (Å²) in [5.41, 5.74) is 2.28. The summed E-state index contributed by atoms with van der Waals surface area (Å²) in [6.07, 6.45) is 20.8. The van der Waals surface area contributed by atoms with Crippen molar-refractivity contribution in [1.29, 1.82) is 0 Å². The van der Waals surface area contributed by atoms with Crippen LogP contribution in [0, 0.1) is 34.5 Å². The van der Waals surface area contributed by atoms with Crippen molar-refractivity contribution in [2.75, 3.05) is 0 Å². The van der Waals surface area contributed by atoms with Crippen molar-refractivity contribution < 1.29 is 9.84 Å². The summed E-state index contributed by atoms with van der Waals surface area (Å²) in [4.78, 5) is 0. The van der Waals surface area contributed by atoms with E-state index in [1.807, 2.05) is 0 Å². The smallest absolute Gasteiger partial charge is 0.0930 e. The second kappa shape index (κ2) is 7.08. The quantitative estimate of drug-likeness (QED) is 0.382. The maximum atomic E-state index is 11.0. The molecule has 6 aliphatic rings. The van der Waals surface area contributed by atoms with Crippen LogP contribution < -0.4 is 0 Å². The van der Waals surface area contributed by atoms with Gasteiger partial charge in [-0.1, -0.05) is 51.2 Å². The third-order valence-corrected chi connectivity index (χ3v) is 11.5. The molecule has 6 rings (SSSR count). The first kappa shape index (κ1) is 21.2.